The maximum Gasteiger partial charge on any atom is 0.407 e. The zero-order chi connectivity index (χ0) is 13.0. The van der Waals surface area contributed by atoms with Crippen molar-refractivity contribution < 1.29 is 14.3 Å². The molecule has 0 spiro atoms. The van der Waals surface area contributed by atoms with Gasteiger partial charge in [0.15, 0.2) is 0 Å². The minimum absolute atomic E-state index is 0.0236. The summed E-state index contributed by atoms with van der Waals surface area (Å²) in [6.07, 6.45) is 0.268. The third kappa shape index (κ3) is 3.47. The Balaban J connectivity index is 2.67. The van der Waals surface area contributed by atoms with E-state index in [1.54, 1.807) is 4.90 Å². The molecule has 1 atom stereocenters. The van der Waals surface area contributed by atoms with Crippen LogP contribution in [0.3, 0.4) is 0 Å². The third-order valence-corrected chi connectivity index (χ3v) is 2.85. The van der Waals surface area contributed by atoms with E-state index in [1.165, 1.54) is 7.11 Å². The van der Waals surface area contributed by atoms with Gasteiger partial charge in [0.05, 0.1) is 7.11 Å². The molecule has 2 amide bonds. The Kier molecular flexibility index (Phi) is 4.54. The highest BCUT2D eigenvalue weighted by Crippen LogP contribution is 2.16. The van der Waals surface area contributed by atoms with Crippen LogP contribution in [0, 0.1) is 5.92 Å². The Morgan fingerprint density at radius 2 is 2.12 bits per heavy atom. The smallest absolute Gasteiger partial charge is 0.407 e. The molecule has 0 unspecified atom stereocenters. The van der Waals surface area contributed by atoms with E-state index < -0.39 is 12.1 Å². The number of carbonyl (C=O) groups is 2. The van der Waals surface area contributed by atoms with Crippen molar-refractivity contribution in [3.8, 4) is 0 Å². The summed E-state index contributed by atoms with van der Waals surface area (Å²) in [5, 5.41) is 2.58. The zero-order valence-corrected chi connectivity index (χ0v) is 10.7. The zero-order valence-electron chi connectivity index (χ0n) is 10.7. The predicted octanol–water partition coefficient (Wildman–Crippen LogP) is 1.16. The van der Waals surface area contributed by atoms with Crippen LogP contribution in [0.4, 0.5) is 4.79 Å². The molecule has 0 bridgehead atoms. The lowest BCUT2D eigenvalue weighted by Gasteiger charge is -2.25. The molecule has 1 rings (SSSR count). The standard InChI is InChI=1S/C12H20N2O3/c1-8(2)10(13-12(16)17-4)11(15)14-6-5-9(3)7-14/h8,10H,3,5-7H2,1-2,4H3,(H,13,16)/t10-/m0/s1. The second-order valence-electron chi connectivity index (χ2n) is 4.62. The van der Waals surface area contributed by atoms with Crippen molar-refractivity contribution in [2.24, 2.45) is 5.92 Å². The molecule has 0 aromatic rings. The molecule has 1 N–H and O–H groups in total. The molecule has 0 aromatic heterocycles. The number of ether oxygens (including phenoxy) is 1. The molecular weight excluding hydrogens is 220 g/mol. The van der Waals surface area contributed by atoms with Crippen LogP contribution in [0.5, 0.6) is 0 Å². The molecule has 0 aliphatic carbocycles. The second-order valence-corrected chi connectivity index (χ2v) is 4.62. The highest BCUT2D eigenvalue weighted by Gasteiger charge is 2.31. The monoisotopic (exact) mass is 240 g/mol. The van der Waals surface area contributed by atoms with Crippen molar-refractivity contribution in [3.05, 3.63) is 12.2 Å². The van der Waals surface area contributed by atoms with Gasteiger partial charge in [-0.15, -0.1) is 0 Å². The van der Waals surface area contributed by atoms with Crippen molar-refractivity contribution in [1.82, 2.24) is 10.2 Å². The summed E-state index contributed by atoms with van der Waals surface area (Å²) in [6, 6.07) is -0.534. The summed E-state index contributed by atoms with van der Waals surface area (Å²) < 4.78 is 4.53. The van der Waals surface area contributed by atoms with Crippen LogP contribution < -0.4 is 5.32 Å². The minimum Gasteiger partial charge on any atom is -0.453 e. The van der Waals surface area contributed by atoms with Gasteiger partial charge in [0.2, 0.25) is 5.91 Å². The molecule has 1 heterocycles. The maximum atomic E-state index is 12.2. The molecule has 0 radical (unpaired) electrons. The fourth-order valence-electron chi connectivity index (χ4n) is 1.81. The number of nitrogens with one attached hydrogen (secondary N) is 1. The first-order valence-electron chi connectivity index (χ1n) is 5.75. The lowest BCUT2D eigenvalue weighted by molar-refractivity contribution is -0.133. The molecule has 96 valence electrons. The third-order valence-electron chi connectivity index (χ3n) is 2.85. The van der Waals surface area contributed by atoms with E-state index in [2.05, 4.69) is 16.6 Å². The van der Waals surface area contributed by atoms with Gasteiger partial charge in [-0.05, 0) is 12.3 Å². The van der Waals surface area contributed by atoms with E-state index in [0.29, 0.717) is 13.1 Å². The molecule has 0 aromatic carbocycles. The Morgan fingerprint density at radius 1 is 1.47 bits per heavy atom. The number of methoxy groups -OCH3 is 1. The number of likely N-dealkylation sites (tertiary alicyclic amines) is 1. The van der Waals surface area contributed by atoms with Crippen molar-refractivity contribution in [3.63, 3.8) is 0 Å². The summed E-state index contributed by atoms with van der Waals surface area (Å²) in [7, 11) is 1.29. The fourth-order valence-corrected chi connectivity index (χ4v) is 1.81. The van der Waals surface area contributed by atoms with Crippen molar-refractivity contribution >= 4 is 12.0 Å². The van der Waals surface area contributed by atoms with Gasteiger partial charge in [0.25, 0.3) is 0 Å². The summed E-state index contributed by atoms with van der Waals surface area (Å²) in [5.74, 6) is -0.0421. The first kappa shape index (κ1) is 13.5. The van der Waals surface area contributed by atoms with Gasteiger partial charge < -0.3 is 15.0 Å². The van der Waals surface area contributed by atoms with Crippen LogP contribution in [0.25, 0.3) is 0 Å². The van der Waals surface area contributed by atoms with Crippen LogP contribution in [-0.2, 0) is 9.53 Å². The molecule has 5 nitrogen and oxygen atoms in total. The molecule has 1 aliphatic rings. The van der Waals surface area contributed by atoms with Crippen LogP contribution in [0.1, 0.15) is 20.3 Å². The molecule has 1 aliphatic heterocycles. The number of nitrogens with zero attached hydrogens (tertiary/aromatic N) is 1. The normalized spacial score (nSPS) is 17.2. The van der Waals surface area contributed by atoms with Crippen molar-refractivity contribution in [2.75, 3.05) is 20.2 Å². The number of hydrogen-bond acceptors (Lipinski definition) is 3. The SMILES string of the molecule is C=C1CCN(C(=O)[C@@H](NC(=O)OC)C(C)C)C1. The predicted molar refractivity (Wildman–Crippen MR) is 64.5 cm³/mol. The largest absolute Gasteiger partial charge is 0.453 e. The van der Waals surface area contributed by atoms with E-state index in [9.17, 15) is 9.59 Å². The van der Waals surface area contributed by atoms with Gasteiger partial charge in [-0.1, -0.05) is 26.0 Å². The van der Waals surface area contributed by atoms with Crippen LogP contribution in [0.15, 0.2) is 12.2 Å². The average Bonchev–Trinajstić information content (AvgIpc) is 2.71. The van der Waals surface area contributed by atoms with Gasteiger partial charge in [-0.25, -0.2) is 4.79 Å². The average molecular weight is 240 g/mol. The van der Waals surface area contributed by atoms with Gasteiger partial charge >= 0.3 is 6.09 Å². The lowest BCUT2D eigenvalue weighted by Crippen LogP contribution is -2.50. The molecule has 0 saturated carbocycles. The number of rotatable bonds is 3. The van der Waals surface area contributed by atoms with Crippen molar-refractivity contribution in [2.45, 2.75) is 26.3 Å². The summed E-state index contributed by atoms with van der Waals surface area (Å²) in [6.45, 7) is 8.92. The first-order chi connectivity index (χ1) is 7.95. The molecule has 5 heteroatoms. The van der Waals surface area contributed by atoms with E-state index >= 15 is 0 Å². The second kappa shape index (κ2) is 5.70. The van der Waals surface area contributed by atoms with Crippen molar-refractivity contribution in [1.29, 1.82) is 0 Å². The molecule has 1 saturated heterocycles. The fraction of sp³-hybridized carbons (Fsp3) is 0.667. The minimum atomic E-state index is -0.574. The number of alkyl carbamates (subject to hydrolysis) is 1. The quantitative estimate of drug-likeness (QED) is 0.753. The van der Waals surface area contributed by atoms with Gasteiger partial charge in [-0.3, -0.25) is 4.79 Å². The van der Waals surface area contributed by atoms with E-state index in [4.69, 9.17) is 0 Å². The Bertz CT molecular complexity index is 326. The molecular formula is C12H20N2O3. The number of amides is 2. The van der Waals surface area contributed by atoms with Gasteiger partial charge in [-0.2, -0.15) is 0 Å². The first-order valence-corrected chi connectivity index (χ1v) is 5.75. The molecule has 17 heavy (non-hydrogen) atoms. The summed E-state index contributed by atoms with van der Waals surface area (Å²) >= 11 is 0. The maximum absolute atomic E-state index is 12.2. The summed E-state index contributed by atoms with van der Waals surface area (Å²) in [4.78, 5) is 25.1. The van der Waals surface area contributed by atoms with Gasteiger partial charge in [0, 0.05) is 13.1 Å². The van der Waals surface area contributed by atoms with Crippen LogP contribution in [0.2, 0.25) is 0 Å². The Morgan fingerprint density at radius 3 is 2.53 bits per heavy atom. The lowest BCUT2D eigenvalue weighted by atomic mass is 10.0. The number of carbonyl (C=O) groups excluding carboxylic acids is 2. The highest BCUT2D eigenvalue weighted by molar-refractivity contribution is 5.86. The number of hydrogen-bond donors (Lipinski definition) is 1. The van der Waals surface area contributed by atoms with E-state index in [0.717, 1.165) is 12.0 Å². The van der Waals surface area contributed by atoms with E-state index in [-0.39, 0.29) is 11.8 Å². The summed E-state index contributed by atoms with van der Waals surface area (Å²) in [5.41, 5.74) is 1.05. The topological polar surface area (TPSA) is 58.6 Å². The molecule has 1 fully saturated rings. The Labute approximate surface area is 102 Å². The van der Waals surface area contributed by atoms with Crippen LogP contribution >= 0.6 is 0 Å². The van der Waals surface area contributed by atoms with Crippen LogP contribution in [-0.4, -0.2) is 43.1 Å². The Hall–Kier alpha value is -1.52. The highest BCUT2D eigenvalue weighted by atomic mass is 16.5. The van der Waals surface area contributed by atoms with Gasteiger partial charge in [0.1, 0.15) is 6.04 Å². The van der Waals surface area contributed by atoms with E-state index in [1.807, 2.05) is 13.8 Å².